The zero-order valence-corrected chi connectivity index (χ0v) is 20.5. The van der Waals surface area contributed by atoms with Crippen LogP contribution < -0.4 is 10.1 Å². The first-order chi connectivity index (χ1) is 16.5. The van der Waals surface area contributed by atoms with Crippen LogP contribution in [0.5, 0.6) is 5.75 Å². The zero-order chi connectivity index (χ0) is 24.3. The molecular formula is C26H37N3O5. The molecule has 3 rings (SSSR count). The highest BCUT2D eigenvalue weighted by Gasteiger charge is 2.37. The van der Waals surface area contributed by atoms with Crippen LogP contribution in [-0.4, -0.2) is 61.4 Å². The van der Waals surface area contributed by atoms with Crippen molar-refractivity contribution in [3.8, 4) is 5.75 Å². The number of fused-ring (bicyclic) bond motifs is 1. The third-order valence-electron chi connectivity index (χ3n) is 6.24. The summed E-state index contributed by atoms with van der Waals surface area (Å²) in [5.74, 6) is -0.138. The van der Waals surface area contributed by atoms with Crippen molar-refractivity contribution in [2.45, 2.75) is 58.5 Å². The number of amides is 1. The molecule has 2 atom stereocenters. The summed E-state index contributed by atoms with van der Waals surface area (Å²) in [6.45, 7) is 6.58. The fourth-order valence-corrected chi connectivity index (χ4v) is 4.39. The quantitative estimate of drug-likeness (QED) is 0.364. The Kier molecular flexibility index (Phi) is 9.94. The molecule has 8 heteroatoms. The summed E-state index contributed by atoms with van der Waals surface area (Å²) in [6, 6.07) is 7.18. The van der Waals surface area contributed by atoms with E-state index >= 15 is 0 Å². The Morgan fingerprint density at radius 3 is 2.74 bits per heavy atom. The van der Waals surface area contributed by atoms with Gasteiger partial charge in [-0.05, 0) is 50.6 Å². The van der Waals surface area contributed by atoms with E-state index in [0.717, 1.165) is 30.4 Å². The third kappa shape index (κ3) is 7.06. The molecule has 1 saturated heterocycles. The number of unbranched alkanes of at least 4 members (excludes halogenated alkanes) is 4. The second-order valence-electron chi connectivity index (χ2n) is 8.67. The van der Waals surface area contributed by atoms with E-state index in [-0.39, 0.29) is 5.97 Å². The van der Waals surface area contributed by atoms with Gasteiger partial charge in [0.05, 0.1) is 24.9 Å². The van der Waals surface area contributed by atoms with Crippen molar-refractivity contribution in [2.24, 2.45) is 5.92 Å². The number of nitrogens with one attached hydrogen (secondary N) is 1. The van der Waals surface area contributed by atoms with Gasteiger partial charge in [-0.3, -0.25) is 15.1 Å². The van der Waals surface area contributed by atoms with Crippen molar-refractivity contribution in [3.63, 3.8) is 0 Å². The molecule has 1 aliphatic rings. The van der Waals surface area contributed by atoms with Crippen molar-refractivity contribution < 1.29 is 23.8 Å². The van der Waals surface area contributed by atoms with Gasteiger partial charge in [-0.2, -0.15) is 0 Å². The van der Waals surface area contributed by atoms with E-state index in [4.69, 9.17) is 14.2 Å². The molecule has 0 aliphatic carbocycles. The van der Waals surface area contributed by atoms with E-state index in [2.05, 4.69) is 22.1 Å². The SMILES string of the molecule is CCCCCCCN1CCC(OC(=O)Nc2ccnc3ccc(OC)cc23)C(C(=O)OCC)C1. The van der Waals surface area contributed by atoms with Gasteiger partial charge in [-0.15, -0.1) is 0 Å². The van der Waals surface area contributed by atoms with Crippen LogP contribution in [-0.2, 0) is 14.3 Å². The van der Waals surface area contributed by atoms with E-state index in [1.807, 2.05) is 18.2 Å². The summed E-state index contributed by atoms with van der Waals surface area (Å²) in [5, 5.41) is 3.57. The topological polar surface area (TPSA) is 90.0 Å². The fourth-order valence-electron chi connectivity index (χ4n) is 4.39. The molecule has 1 fully saturated rings. The second-order valence-corrected chi connectivity index (χ2v) is 8.67. The van der Waals surface area contributed by atoms with Crippen LogP contribution in [0.25, 0.3) is 10.9 Å². The van der Waals surface area contributed by atoms with Gasteiger partial charge in [0.2, 0.25) is 0 Å². The number of ether oxygens (including phenoxy) is 3. The number of likely N-dealkylation sites (tertiary alicyclic amines) is 1. The third-order valence-corrected chi connectivity index (χ3v) is 6.24. The smallest absolute Gasteiger partial charge is 0.411 e. The van der Waals surface area contributed by atoms with Crippen LogP contribution in [0.4, 0.5) is 10.5 Å². The highest BCUT2D eigenvalue weighted by atomic mass is 16.6. The van der Waals surface area contributed by atoms with E-state index in [9.17, 15) is 9.59 Å². The number of pyridine rings is 1. The van der Waals surface area contributed by atoms with Gasteiger partial charge in [-0.25, -0.2) is 4.79 Å². The van der Waals surface area contributed by atoms with Crippen LogP contribution in [0.1, 0.15) is 52.4 Å². The van der Waals surface area contributed by atoms with Crippen LogP contribution >= 0.6 is 0 Å². The first-order valence-electron chi connectivity index (χ1n) is 12.3. The maximum Gasteiger partial charge on any atom is 0.411 e. The average molecular weight is 472 g/mol. The van der Waals surface area contributed by atoms with Crippen molar-refractivity contribution in [3.05, 3.63) is 30.5 Å². The Morgan fingerprint density at radius 1 is 1.15 bits per heavy atom. The fraction of sp³-hybridized carbons (Fsp3) is 0.577. The monoisotopic (exact) mass is 471 g/mol. The molecule has 186 valence electrons. The minimum Gasteiger partial charge on any atom is -0.497 e. The first kappa shape index (κ1) is 25.7. The molecule has 2 unspecified atom stereocenters. The van der Waals surface area contributed by atoms with E-state index in [1.54, 1.807) is 26.3 Å². The molecule has 8 nitrogen and oxygen atoms in total. The number of nitrogens with zero attached hydrogens (tertiary/aromatic N) is 2. The van der Waals surface area contributed by atoms with E-state index in [0.29, 0.717) is 31.0 Å². The first-order valence-corrected chi connectivity index (χ1v) is 12.3. The lowest BCUT2D eigenvalue weighted by Gasteiger charge is -2.36. The zero-order valence-electron chi connectivity index (χ0n) is 20.5. The molecule has 1 aromatic heterocycles. The molecule has 1 aliphatic heterocycles. The molecular weight excluding hydrogens is 434 g/mol. The van der Waals surface area contributed by atoms with Gasteiger partial charge >= 0.3 is 12.1 Å². The molecule has 34 heavy (non-hydrogen) atoms. The standard InChI is InChI=1S/C26H37N3O5/c1-4-6-7-8-9-15-29-16-13-24(21(18-29)25(30)33-5-2)34-26(31)28-23-12-14-27-22-11-10-19(32-3)17-20(22)23/h10-12,14,17,21,24H,4-9,13,15-16,18H2,1-3H3,(H,27,28,31). The lowest BCUT2D eigenvalue weighted by molar-refractivity contribution is -0.155. The van der Waals surface area contributed by atoms with Crippen LogP contribution in [0.15, 0.2) is 30.5 Å². The molecule has 0 bridgehead atoms. The Balaban J connectivity index is 1.63. The number of hydrogen-bond donors (Lipinski definition) is 1. The molecule has 1 amide bonds. The van der Waals surface area contributed by atoms with Gasteiger partial charge < -0.3 is 19.1 Å². The van der Waals surface area contributed by atoms with Gasteiger partial charge in [-0.1, -0.05) is 32.6 Å². The summed E-state index contributed by atoms with van der Waals surface area (Å²) < 4.78 is 16.4. The number of carbonyl (C=O) groups excluding carboxylic acids is 2. The number of benzene rings is 1. The number of piperidine rings is 1. The maximum absolute atomic E-state index is 12.8. The molecule has 0 spiro atoms. The number of carbonyl (C=O) groups is 2. The van der Waals surface area contributed by atoms with Crippen molar-refractivity contribution in [1.82, 2.24) is 9.88 Å². The number of esters is 1. The predicted octanol–water partition coefficient (Wildman–Crippen LogP) is 5.02. The number of aromatic nitrogens is 1. The number of methoxy groups -OCH3 is 1. The number of anilines is 1. The molecule has 1 N–H and O–H groups in total. The highest BCUT2D eigenvalue weighted by Crippen LogP contribution is 2.27. The summed E-state index contributed by atoms with van der Waals surface area (Å²) in [4.78, 5) is 32.1. The van der Waals surface area contributed by atoms with Crippen LogP contribution in [0, 0.1) is 5.92 Å². The van der Waals surface area contributed by atoms with E-state index < -0.39 is 18.1 Å². The molecule has 0 saturated carbocycles. The Bertz CT molecular complexity index is 951. The Hall–Kier alpha value is -2.87. The minimum absolute atomic E-state index is 0.302. The van der Waals surface area contributed by atoms with Gasteiger partial charge in [0.1, 0.15) is 17.8 Å². The Labute approximate surface area is 202 Å². The van der Waals surface area contributed by atoms with Crippen LogP contribution in [0.2, 0.25) is 0 Å². The summed E-state index contributed by atoms with van der Waals surface area (Å²) in [5.41, 5.74) is 1.31. The van der Waals surface area contributed by atoms with Gasteiger partial charge in [0.15, 0.2) is 0 Å². The summed E-state index contributed by atoms with van der Waals surface area (Å²) in [6.07, 6.45) is 7.13. The molecule has 1 aromatic carbocycles. The summed E-state index contributed by atoms with van der Waals surface area (Å²) >= 11 is 0. The normalized spacial score (nSPS) is 18.4. The van der Waals surface area contributed by atoms with E-state index in [1.165, 1.54) is 25.7 Å². The lowest BCUT2D eigenvalue weighted by Crippen LogP contribution is -2.49. The number of hydrogen-bond acceptors (Lipinski definition) is 7. The van der Waals surface area contributed by atoms with Crippen molar-refractivity contribution >= 4 is 28.7 Å². The molecule has 2 heterocycles. The highest BCUT2D eigenvalue weighted by molar-refractivity contribution is 5.99. The number of rotatable bonds is 11. The second kappa shape index (κ2) is 13.1. The summed E-state index contributed by atoms with van der Waals surface area (Å²) in [7, 11) is 1.59. The average Bonchev–Trinajstić information content (AvgIpc) is 2.84. The van der Waals surface area contributed by atoms with Gasteiger partial charge in [0.25, 0.3) is 0 Å². The molecule has 0 radical (unpaired) electrons. The van der Waals surface area contributed by atoms with Gasteiger partial charge in [0, 0.05) is 24.7 Å². The minimum atomic E-state index is -0.595. The predicted molar refractivity (Wildman–Crippen MR) is 132 cm³/mol. The van der Waals surface area contributed by atoms with Crippen LogP contribution in [0.3, 0.4) is 0 Å². The molecule has 2 aromatic rings. The van der Waals surface area contributed by atoms with Crippen molar-refractivity contribution in [1.29, 1.82) is 0 Å². The van der Waals surface area contributed by atoms with Crippen molar-refractivity contribution in [2.75, 3.05) is 38.7 Å². The largest absolute Gasteiger partial charge is 0.497 e. The maximum atomic E-state index is 12.8. The Morgan fingerprint density at radius 2 is 1.97 bits per heavy atom. The lowest BCUT2D eigenvalue weighted by atomic mass is 9.94.